The van der Waals surface area contributed by atoms with E-state index in [9.17, 15) is 0 Å². The Hall–Kier alpha value is -1.38. The molecule has 0 aliphatic heterocycles. The molecule has 4 aromatic rings. The van der Waals surface area contributed by atoms with Gasteiger partial charge in [0.2, 0.25) is 0 Å². The summed E-state index contributed by atoms with van der Waals surface area (Å²) in [4.78, 5) is 0. The third-order valence-corrected chi connectivity index (χ3v) is 6.81. The van der Waals surface area contributed by atoms with E-state index in [2.05, 4.69) is 94.2 Å². The minimum Gasteiger partial charge on any atom is -0.0616 e. The quantitative estimate of drug-likeness (QED) is 0.259. The van der Waals surface area contributed by atoms with Crippen molar-refractivity contribution in [3.8, 4) is 0 Å². The summed E-state index contributed by atoms with van der Waals surface area (Å²) in [7, 11) is 0. The van der Waals surface area contributed by atoms with Crippen LogP contribution < -0.4 is 0 Å². The molecule has 0 radical (unpaired) electrons. The van der Waals surface area contributed by atoms with Crippen molar-refractivity contribution < 1.29 is 0 Å². The molecule has 1 aliphatic rings. The van der Waals surface area contributed by atoms with Crippen LogP contribution in [0.25, 0.3) is 32.3 Å². The second kappa shape index (κ2) is 4.37. The number of hydrogen-bond donors (Lipinski definition) is 0. The van der Waals surface area contributed by atoms with Crippen LogP contribution in [-0.4, -0.2) is 0 Å². The zero-order valence-electron chi connectivity index (χ0n) is 12.9. The first-order chi connectivity index (χ1) is 11.0. The minimum atomic E-state index is 0.00372. The summed E-state index contributed by atoms with van der Waals surface area (Å²) in [6.07, 6.45) is 0. The topological polar surface area (TPSA) is 0 Å². The molecule has 0 bridgehead atoms. The largest absolute Gasteiger partial charge is 0.0616 e. The van der Waals surface area contributed by atoms with Gasteiger partial charge >= 0.3 is 0 Å². The molecule has 0 unspecified atom stereocenters. The zero-order chi connectivity index (χ0) is 15.9. The Labute approximate surface area is 151 Å². The van der Waals surface area contributed by atoms with E-state index in [1.54, 1.807) is 0 Å². The summed E-state index contributed by atoms with van der Waals surface area (Å²) in [5, 5.41) is 8.08. The van der Waals surface area contributed by atoms with Crippen LogP contribution in [0.5, 0.6) is 0 Å². The first-order valence-corrected chi connectivity index (χ1v) is 9.36. The Kier molecular flexibility index (Phi) is 2.66. The third kappa shape index (κ3) is 1.56. The second-order valence-electron chi connectivity index (χ2n) is 6.87. The number of rotatable bonds is 0. The molecule has 5 rings (SSSR count). The van der Waals surface area contributed by atoms with Crippen LogP contribution >= 0.6 is 31.9 Å². The molecule has 0 heterocycles. The predicted octanol–water partition coefficient (Wildman–Crippen LogP) is 7.31. The molecule has 4 aromatic carbocycles. The fourth-order valence-corrected chi connectivity index (χ4v) is 5.90. The number of hydrogen-bond acceptors (Lipinski definition) is 0. The number of halogens is 2. The van der Waals surface area contributed by atoms with Gasteiger partial charge in [-0.2, -0.15) is 0 Å². The highest BCUT2D eigenvalue weighted by molar-refractivity contribution is 9.11. The van der Waals surface area contributed by atoms with Crippen LogP contribution in [0, 0.1) is 0 Å². The molecule has 2 heteroatoms. The highest BCUT2D eigenvalue weighted by Crippen LogP contribution is 2.54. The molecule has 0 saturated heterocycles. The summed E-state index contributed by atoms with van der Waals surface area (Å²) in [5.74, 6) is 0. The van der Waals surface area contributed by atoms with E-state index in [1.165, 1.54) is 52.4 Å². The van der Waals surface area contributed by atoms with Gasteiger partial charge < -0.3 is 0 Å². The zero-order valence-corrected chi connectivity index (χ0v) is 16.0. The van der Waals surface area contributed by atoms with Crippen LogP contribution in [0.15, 0.2) is 57.5 Å². The van der Waals surface area contributed by atoms with Gasteiger partial charge in [0.25, 0.3) is 0 Å². The minimum absolute atomic E-state index is 0.00372. The van der Waals surface area contributed by atoms with Crippen LogP contribution in [0.3, 0.4) is 0 Å². The maximum atomic E-state index is 3.93. The first kappa shape index (κ1) is 14.0. The van der Waals surface area contributed by atoms with Crippen molar-refractivity contribution in [2.24, 2.45) is 0 Å². The van der Waals surface area contributed by atoms with Gasteiger partial charge in [-0.15, -0.1) is 0 Å². The SMILES string of the molecule is CC1(C)c2cccc3c(Br)cc4c5ccccc5c(Br)c1c4c23. The van der Waals surface area contributed by atoms with E-state index in [0.29, 0.717) is 0 Å². The van der Waals surface area contributed by atoms with Gasteiger partial charge in [-0.3, -0.25) is 0 Å². The van der Waals surface area contributed by atoms with E-state index in [-0.39, 0.29) is 5.41 Å². The summed E-state index contributed by atoms with van der Waals surface area (Å²) in [5.41, 5.74) is 2.85. The van der Waals surface area contributed by atoms with Crippen molar-refractivity contribution in [2.45, 2.75) is 19.3 Å². The Morgan fingerprint density at radius 2 is 1.43 bits per heavy atom. The maximum absolute atomic E-state index is 3.93. The van der Waals surface area contributed by atoms with Crippen molar-refractivity contribution in [1.29, 1.82) is 0 Å². The van der Waals surface area contributed by atoms with E-state index < -0.39 is 0 Å². The van der Waals surface area contributed by atoms with Crippen molar-refractivity contribution in [3.05, 3.63) is 68.6 Å². The van der Waals surface area contributed by atoms with E-state index in [4.69, 9.17) is 0 Å². The van der Waals surface area contributed by atoms with Crippen molar-refractivity contribution in [2.75, 3.05) is 0 Å². The molecule has 0 aromatic heterocycles. The highest BCUT2D eigenvalue weighted by Gasteiger charge is 2.37. The lowest BCUT2D eigenvalue weighted by Crippen LogP contribution is -2.16. The van der Waals surface area contributed by atoms with Crippen molar-refractivity contribution in [1.82, 2.24) is 0 Å². The molecule has 0 N–H and O–H groups in total. The Balaban J connectivity index is 2.24. The van der Waals surface area contributed by atoms with Gasteiger partial charge in [0.15, 0.2) is 0 Å². The lowest BCUT2D eigenvalue weighted by molar-refractivity contribution is 0.660. The summed E-state index contributed by atoms with van der Waals surface area (Å²) < 4.78 is 2.42. The highest BCUT2D eigenvalue weighted by atomic mass is 79.9. The molecule has 0 fully saturated rings. The third-order valence-electron chi connectivity index (χ3n) is 5.33. The van der Waals surface area contributed by atoms with Crippen LogP contribution in [0.4, 0.5) is 0 Å². The molecule has 23 heavy (non-hydrogen) atoms. The predicted molar refractivity (Wildman–Crippen MR) is 106 cm³/mol. The van der Waals surface area contributed by atoms with E-state index in [1.807, 2.05) is 0 Å². The molecule has 112 valence electrons. The van der Waals surface area contributed by atoms with Crippen LogP contribution in [0.1, 0.15) is 25.0 Å². The summed E-state index contributed by atoms with van der Waals surface area (Å²) in [6, 6.07) is 17.7. The molecule has 0 nitrogen and oxygen atoms in total. The van der Waals surface area contributed by atoms with Gasteiger partial charge in [0, 0.05) is 14.4 Å². The van der Waals surface area contributed by atoms with Gasteiger partial charge in [0.1, 0.15) is 0 Å². The van der Waals surface area contributed by atoms with E-state index >= 15 is 0 Å². The fraction of sp³-hybridized carbons (Fsp3) is 0.143. The average molecular weight is 426 g/mol. The van der Waals surface area contributed by atoms with Crippen molar-refractivity contribution >= 4 is 64.2 Å². The molecule has 0 saturated carbocycles. The van der Waals surface area contributed by atoms with Gasteiger partial charge in [0.05, 0.1) is 0 Å². The van der Waals surface area contributed by atoms with Crippen molar-refractivity contribution in [3.63, 3.8) is 0 Å². The van der Waals surface area contributed by atoms with Gasteiger partial charge in [-0.25, -0.2) is 0 Å². The molecule has 0 spiro atoms. The molecular formula is C21H14Br2. The first-order valence-electron chi connectivity index (χ1n) is 7.78. The molecule has 0 amide bonds. The number of fused-ring (bicyclic) bond motifs is 2. The van der Waals surface area contributed by atoms with Gasteiger partial charge in [-0.05, 0) is 65.4 Å². The maximum Gasteiger partial charge on any atom is 0.0301 e. The lowest BCUT2D eigenvalue weighted by Gasteiger charge is -2.24. The average Bonchev–Trinajstić information content (AvgIpc) is 2.79. The smallest absolute Gasteiger partial charge is 0.0301 e. The van der Waals surface area contributed by atoms with Gasteiger partial charge in [-0.1, -0.05) is 72.2 Å². The molecule has 1 aliphatic carbocycles. The Morgan fingerprint density at radius 1 is 0.739 bits per heavy atom. The number of benzene rings is 4. The monoisotopic (exact) mass is 424 g/mol. The van der Waals surface area contributed by atoms with Crippen LogP contribution in [-0.2, 0) is 5.41 Å². The lowest BCUT2D eigenvalue weighted by atomic mass is 9.81. The standard InChI is InChI=1S/C21H14Br2/c1-21(2)15-9-5-8-13-16(22)10-14-11-6-3-4-7-12(11)20(23)19(21)18(14)17(13)15/h3-10H,1-2H3. The summed E-state index contributed by atoms with van der Waals surface area (Å²) >= 11 is 7.74. The Bertz CT molecular complexity index is 1150. The molecule has 0 atom stereocenters. The second-order valence-corrected chi connectivity index (χ2v) is 8.52. The van der Waals surface area contributed by atoms with E-state index in [0.717, 1.165) is 0 Å². The summed E-state index contributed by atoms with van der Waals surface area (Å²) in [6.45, 7) is 4.67. The van der Waals surface area contributed by atoms with Crippen LogP contribution in [0.2, 0.25) is 0 Å². The fourth-order valence-electron chi connectivity index (χ4n) is 4.30. The normalized spacial score (nSPS) is 15.3. The Morgan fingerprint density at radius 3 is 2.22 bits per heavy atom. The molecular weight excluding hydrogens is 412 g/mol.